The van der Waals surface area contributed by atoms with Gasteiger partial charge in [0.1, 0.15) is 34.8 Å². The molecule has 222 valence electrons. The number of rotatable bonds is 8. The summed E-state index contributed by atoms with van der Waals surface area (Å²) in [6.07, 6.45) is -3.23. The molecule has 0 bridgehead atoms. The van der Waals surface area contributed by atoms with Gasteiger partial charge in [0.2, 0.25) is 0 Å². The van der Waals surface area contributed by atoms with Crippen molar-refractivity contribution >= 4 is 43.1 Å². The lowest BCUT2D eigenvalue weighted by Crippen LogP contribution is -2.31. The monoisotopic (exact) mass is 606 g/mol. The number of nitrogens with zero attached hydrogens (tertiary/aromatic N) is 5. The SMILES string of the molecule is CCN(CCO)c1nc(OCC2CCCN2C)nc2c(F)c(-c3ccc(F)c4sc(N)c(C#N)c34)c(C(F)(F)F)cc12. The third kappa shape index (κ3) is 5.16. The number of nitrogens with two attached hydrogens (primary N) is 1. The fraction of sp³-hybridized carbons (Fsp3) is 0.393. The van der Waals surface area contributed by atoms with Crippen LogP contribution in [0.3, 0.4) is 0 Å². The summed E-state index contributed by atoms with van der Waals surface area (Å²) in [6.45, 7) is 2.68. The van der Waals surface area contributed by atoms with Crippen molar-refractivity contribution in [2.45, 2.75) is 32.0 Å². The van der Waals surface area contributed by atoms with Gasteiger partial charge >= 0.3 is 12.2 Å². The number of likely N-dealkylation sites (N-methyl/N-ethyl adjacent to an activating group) is 2. The summed E-state index contributed by atoms with van der Waals surface area (Å²) in [7, 11) is 1.94. The van der Waals surface area contributed by atoms with E-state index in [-0.39, 0.29) is 75.8 Å². The minimum Gasteiger partial charge on any atom is -0.462 e. The highest BCUT2D eigenvalue weighted by Crippen LogP contribution is 2.48. The van der Waals surface area contributed by atoms with Crippen molar-refractivity contribution in [3.05, 3.63) is 41.0 Å². The minimum atomic E-state index is -5.06. The molecule has 2 aromatic carbocycles. The second kappa shape index (κ2) is 11.5. The minimum absolute atomic E-state index is 0.0103. The Kier molecular flexibility index (Phi) is 8.10. The molecule has 1 unspecified atom stereocenters. The van der Waals surface area contributed by atoms with Crippen molar-refractivity contribution in [2.24, 2.45) is 0 Å². The number of aromatic nitrogens is 2. The van der Waals surface area contributed by atoms with Crippen LogP contribution in [0.2, 0.25) is 0 Å². The number of likely N-dealkylation sites (tertiary alicyclic amines) is 1. The number of anilines is 2. The van der Waals surface area contributed by atoms with Gasteiger partial charge in [0.05, 0.1) is 22.4 Å². The molecule has 42 heavy (non-hydrogen) atoms. The molecule has 0 aliphatic carbocycles. The van der Waals surface area contributed by atoms with E-state index < -0.39 is 34.5 Å². The van der Waals surface area contributed by atoms with Crippen LogP contribution in [0.1, 0.15) is 30.9 Å². The molecule has 1 atom stereocenters. The summed E-state index contributed by atoms with van der Waals surface area (Å²) >= 11 is 0.694. The number of aliphatic hydroxyl groups is 1. The van der Waals surface area contributed by atoms with Crippen LogP contribution in [0.15, 0.2) is 18.2 Å². The molecule has 1 fully saturated rings. The number of nitriles is 1. The van der Waals surface area contributed by atoms with Crippen molar-refractivity contribution in [2.75, 3.05) is 50.5 Å². The van der Waals surface area contributed by atoms with Crippen molar-refractivity contribution < 1.29 is 31.8 Å². The highest BCUT2D eigenvalue weighted by molar-refractivity contribution is 7.23. The Morgan fingerprint density at radius 1 is 1.29 bits per heavy atom. The van der Waals surface area contributed by atoms with E-state index in [0.29, 0.717) is 11.3 Å². The molecular formula is C28H27F5N6O2S. The molecule has 1 aliphatic heterocycles. The first-order valence-electron chi connectivity index (χ1n) is 13.2. The molecule has 2 aromatic heterocycles. The van der Waals surface area contributed by atoms with Crippen LogP contribution in [0.4, 0.5) is 32.8 Å². The van der Waals surface area contributed by atoms with Crippen molar-refractivity contribution in [1.29, 1.82) is 5.26 Å². The Morgan fingerprint density at radius 3 is 2.67 bits per heavy atom. The predicted molar refractivity (Wildman–Crippen MR) is 151 cm³/mol. The van der Waals surface area contributed by atoms with Gasteiger partial charge in [-0.3, -0.25) is 0 Å². The maximum atomic E-state index is 16.6. The Labute approximate surface area is 241 Å². The Hall–Kier alpha value is -3.80. The number of nitrogen functional groups attached to an aromatic ring is 1. The lowest BCUT2D eigenvalue weighted by molar-refractivity contribution is -0.137. The zero-order chi connectivity index (χ0) is 30.3. The smallest absolute Gasteiger partial charge is 0.417 e. The van der Waals surface area contributed by atoms with Crippen LogP contribution in [-0.2, 0) is 6.18 Å². The molecule has 5 rings (SSSR count). The number of hydrogen-bond acceptors (Lipinski definition) is 9. The number of ether oxygens (including phenoxy) is 1. The average Bonchev–Trinajstić information content (AvgIpc) is 3.52. The Morgan fingerprint density at radius 2 is 2.05 bits per heavy atom. The van der Waals surface area contributed by atoms with Crippen LogP contribution in [0.25, 0.3) is 32.1 Å². The molecule has 3 heterocycles. The molecule has 0 amide bonds. The summed E-state index contributed by atoms with van der Waals surface area (Å²) in [5.74, 6) is -2.18. The van der Waals surface area contributed by atoms with Crippen LogP contribution in [0, 0.1) is 23.0 Å². The number of fused-ring (bicyclic) bond motifs is 2. The number of thiophene rings is 1. The number of alkyl halides is 3. The highest BCUT2D eigenvalue weighted by atomic mass is 32.1. The number of halogens is 5. The van der Waals surface area contributed by atoms with Crippen molar-refractivity contribution in [3.8, 4) is 23.2 Å². The first kappa shape index (κ1) is 29.7. The molecule has 0 saturated carbocycles. The Bertz CT molecular complexity index is 1700. The normalized spacial score (nSPS) is 15.9. The predicted octanol–water partition coefficient (Wildman–Crippen LogP) is 5.55. The van der Waals surface area contributed by atoms with E-state index in [1.807, 2.05) is 13.1 Å². The van der Waals surface area contributed by atoms with Gasteiger partial charge in [0, 0.05) is 35.5 Å². The number of benzene rings is 2. The summed E-state index contributed by atoms with van der Waals surface area (Å²) in [5.41, 5.74) is 2.59. The van der Waals surface area contributed by atoms with Gasteiger partial charge in [0.25, 0.3) is 0 Å². The van der Waals surface area contributed by atoms with Gasteiger partial charge < -0.3 is 25.4 Å². The van der Waals surface area contributed by atoms with Crippen molar-refractivity contribution in [1.82, 2.24) is 14.9 Å². The third-order valence-corrected chi connectivity index (χ3v) is 8.55. The van der Waals surface area contributed by atoms with Crippen LogP contribution in [0.5, 0.6) is 6.01 Å². The first-order chi connectivity index (χ1) is 20.0. The van der Waals surface area contributed by atoms with E-state index in [1.54, 1.807) is 6.92 Å². The maximum Gasteiger partial charge on any atom is 0.417 e. The largest absolute Gasteiger partial charge is 0.462 e. The quantitative estimate of drug-likeness (QED) is 0.251. The number of hydrogen-bond donors (Lipinski definition) is 2. The second-order valence-corrected chi connectivity index (χ2v) is 11.0. The van der Waals surface area contributed by atoms with Crippen LogP contribution in [-0.4, -0.2) is 65.9 Å². The lowest BCUT2D eigenvalue weighted by atomic mass is 9.92. The molecular weight excluding hydrogens is 579 g/mol. The fourth-order valence-electron chi connectivity index (χ4n) is 5.39. The lowest BCUT2D eigenvalue weighted by Gasteiger charge is -2.25. The second-order valence-electron chi connectivity index (χ2n) is 9.98. The summed E-state index contributed by atoms with van der Waals surface area (Å²) < 4.78 is 80.9. The molecule has 0 spiro atoms. The number of aliphatic hydroxyl groups excluding tert-OH is 1. The van der Waals surface area contributed by atoms with E-state index in [9.17, 15) is 27.9 Å². The summed E-state index contributed by atoms with van der Waals surface area (Å²) in [6, 6.07) is 4.29. The molecule has 3 N–H and O–H groups in total. The maximum absolute atomic E-state index is 16.6. The standard InChI is InChI=1S/C28H27F5N6O2S/c1-3-39(9-10-40)26-16-11-18(28(31,32)33)21(15-6-7-19(29)24-20(15)17(12-34)25(35)42-24)22(30)23(16)36-27(37-26)41-13-14-5-4-8-38(14)2/h6-7,11,14,40H,3-5,8-10,13,35H2,1-2H3. The Balaban J connectivity index is 1.82. The van der Waals surface area contributed by atoms with Crippen LogP contribution < -0.4 is 15.4 Å². The van der Waals surface area contributed by atoms with E-state index in [2.05, 4.69) is 14.9 Å². The van der Waals surface area contributed by atoms with Gasteiger partial charge in [-0.1, -0.05) is 6.07 Å². The molecule has 4 aromatic rings. The molecule has 8 nitrogen and oxygen atoms in total. The summed E-state index contributed by atoms with van der Waals surface area (Å²) in [5, 5.41) is 18.7. The molecule has 0 radical (unpaired) electrons. The van der Waals surface area contributed by atoms with E-state index >= 15 is 4.39 Å². The van der Waals surface area contributed by atoms with Crippen LogP contribution >= 0.6 is 11.3 Å². The van der Waals surface area contributed by atoms with Gasteiger partial charge in [0.15, 0.2) is 5.82 Å². The van der Waals surface area contributed by atoms with E-state index in [0.717, 1.165) is 37.6 Å². The molecule has 1 aliphatic rings. The van der Waals surface area contributed by atoms with E-state index in [4.69, 9.17) is 10.5 Å². The first-order valence-corrected chi connectivity index (χ1v) is 14.0. The average molecular weight is 607 g/mol. The fourth-order valence-corrected chi connectivity index (χ4v) is 6.34. The molecule has 1 saturated heterocycles. The van der Waals surface area contributed by atoms with Gasteiger partial charge in [-0.15, -0.1) is 11.3 Å². The zero-order valence-electron chi connectivity index (χ0n) is 22.7. The van der Waals surface area contributed by atoms with Gasteiger partial charge in [-0.25, -0.2) is 8.78 Å². The van der Waals surface area contributed by atoms with Crippen molar-refractivity contribution in [3.63, 3.8) is 0 Å². The zero-order valence-corrected chi connectivity index (χ0v) is 23.5. The van der Waals surface area contributed by atoms with Gasteiger partial charge in [-0.05, 0) is 51.1 Å². The van der Waals surface area contributed by atoms with E-state index in [1.165, 1.54) is 4.90 Å². The topological polar surface area (TPSA) is 112 Å². The highest BCUT2D eigenvalue weighted by Gasteiger charge is 2.38. The third-order valence-electron chi connectivity index (χ3n) is 7.52. The summed E-state index contributed by atoms with van der Waals surface area (Å²) in [4.78, 5) is 12.2. The molecule has 14 heteroatoms. The van der Waals surface area contributed by atoms with Gasteiger partial charge in [-0.2, -0.15) is 28.4 Å².